The maximum absolute atomic E-state index is 11.1. The van der Waals surface area contributed by atoms with E-state index >= 15 is 0 Å². The van der Waals surface area contributed by atoms with E-state index in [4.69, 9.17) is 23.2 Å². The van der Waals surface area contributed by atoms with Gasteiger partial charge in [0.25, 0.3) is 0 Å². The molecule has 1 N–H and O–H groups in total. The van der Waals surface area contributed by atoms with Gasteiger partial charge >= 0.3 is 0 Å². The Morgan fingerprint density at radius 2 is 1.86 bits per heavy atom. The summed E-state index contributed by atoms with van der Waals surface area (Å²) < 4.78 is 0. The summed E-state index contributed by atoms with van der Waals surface area (Å²) in [6.07, 6.45) is 0.434. The lowest BCUT2D eigenvalue weighted by Gasteiger charge is -2.07. The van der Waals surface area contributed by atoms with Crippen molar-refractivity contribution in [2.45, 2.75) is 20.3 Å². The second-order valence-corrected chi connectivity index (χ2v) is 3.78. The van der Waals surface area contributed by atoms with Crippen LogP contribution in [0.5, 0.6) is 0 Å². The van der Waals surface area contributed by atoms with Crippen molar-refractivity contribution in [2.24, 2.45) is 0 Å². The molecule has 1 amide bonds. The summed E-state index contributed by atoms with van der Waals surface area (Å²) in [4.78, 5) is 11.1. The van der Waals surface area contributed by atoms with Crippen LogP contribution < -0.4 is 5.32 Å². The van der Waals surface area contributed by atoms with Gasteiger partial charge in [0.05, 0.1) is 0 Å². The van der Waals surface area contributed by atoms with Crippen molar-refractivity contribution in [3.8, 4) is 0 Å². The van der Waals surface area contributed by atoms with E-state index in [1.807, 2.05) is 6.92 Å². The first-order valence-electron chi connectivity index (χ1n) is 4.30. The Morgan fingerprint density at radius 1 is 1.36 bits per heavy atom. The van der Waals surface area contributed by atoms with Crippen molar-refractivity contribution < 1.29 is 4.79 Å². The van der Waals surface area contributed by atoms with E-state index in [1.165, 1.54) is 0 Å². The summed E-state index contributed by atoms with van der Waals surface area (Å²) in [6.45, 7) is 3.61. The molecule has 0 radical (unpaired) electrons. The van der Waals surface area contributed by atoms with Gasteiger partial charge in [-0.1, -0.05) is 30.1 Å². The Hall–Kier alpha value is -0.730. The monoisotopic (exact) mass is 231 g/mol. The van der Waals surface area contributed by atoms with Crippen LogP contribution in [0.2, 0.25) is 10.0 Å². The number of hydrogen-bond acceptors (Lipinski definition) is 1. The Labute approximate surface area is 93.2 Å². The maximum atomic E-state index is 11.1. The molecule has 0 fully saturated rings. The Morgan fingerprint density at radius 3 is 2.29 bits per heavy atom. The first-order valence-corrected chi connectivity index (χ1v) is 5.05. The predicted molar refractivity (Wildman–Crippen MR) is 60.1 cm³/mol. The summed E-state index contributed by atoms with van der Waals surface area (Å²) in [6, 6.07) is 3.38. The van der Waals surface area contributed by atoms with Crippen LogP contribution in [0.25, 0.3) is 0 Å². The molecule has 0 bridgehead atoms. The number of amides is 1. The topological polar surface area (TPSA) is 29.1 Å². The Bertz CT molecular complexity index is 340. The van der Waals surface area contributed by atoms with Gasteiger partial charge in [-0.15, -0.1) is 0 Å². The molecule has 4 heteroatoms. The maximum Gasteiger partial charge on any atom is 0.224 e. The fourth-order valence-corrected chi connectivity index (χ4v) is 1.45. The zero-order chi connectivity index (χ0) is 10.7. The van der Waals surface area contributed by atoms with E-state index in [1.54, 1.807) is 19.1 Å². The summed E-state index contributed by atoms with van der Waals surface area (Å²) in [5.74, 6) is -0.0546. The SMILES string of the molecule is CCC(=O)Nc1cc(Cl)c(C)c(Cl)c1. The average Bonchev–Trinajstić information content (AvgIpc) is 2.14. The molecule has 0 heterocycles. The molecule has 0 aliphatic carbocycles. The van der Waals surface area contributed by atoms with Crippen LogP contribution in [0, 0.1) is 6.92 Å². The van der Waals surface area contributed by atoms with Crippen molar-refractivity contribution in [3.63, 3.8) is 0 Å². The third-order valence-electron chi connectivity index (χ3n) is 1.89. The van der Waals surface area contributed by atoms with Crippen molar-refractivity contribution in [1.29, 1.82) is 0 Å². The molecule has 1 rings (SSSR count). The summed E-state index contributed by atoms with van der Waals surface area (Å²) in [5, 5.41) is 3.81. The molecule has 0 saturated heterocycles. The minimum absolute atomic E-state index is 0.0546. The first-order chi connectivity index (χ1) is 6.54. The van der Waals surface area contributed by atoms with Gasteiger partial charge in [0, 0.05) is 22.2 Å². The highest BCUT2D eigenvalue weighted by Gasteiger charge is 2.05. The highest BCUT2D eigenvalue weighted by molar-refractivity contribution is 6.36. The van der Waals surface area contributed by atoms with Crippen LogP contribution >= 0.6 is 23.2 Å². The molecule has 0 saturated carbocycles. The second kappa shape index (κ2) is 4.67. The zero-order valence-corrected chi connectivity index (χ0v) is 9.54. The molecule has 0 aromatic heterocycles. The fourth-order valence-electron chi connectivity index (χ4n) is 0.967. The van der Waals surface area contributed by atoms with E-state index in [0.29, 0.717) is 22.2 Å². The number of benzene rings is 1. The van der Waals surface area contributed by atoms with E-state index < -0.39 is 0 Å². The van der Waals surface area contributed by atoms with E-state index in [0.717, 1.165) is 5.56 Å². The average molecular weight is 232 g/mol. The molecular formula is C10H11Cl2NO. The molecule has 14 heavy (non-hydrogen) atoms. The third kappa shape index (κ3) is 2.63. The standard InChI is InChI=1S/C10H11Cl2NO/c1-3-10(14)13-7-4-8(11)6(2)9(12)5-7/h4-5H,3H2,1-2H3,(H,13,14). The van der Waals surface area contributed by atoms with Gasteiger partial charge in [-0.05, 0) is 24.6 Å². The van der Waals surface area contributed by atoms with Crippen molar-refractivity contribution in [2.75, 3.05) is 5.32 Å². The van der Waals surface area contributed by atoms with Gasteiger partial charge < -0.3 is 5.32 Å². The molecule has 0 spiro atoms. The molecular weight excluding hydrogens is 221 g/mol. The van der Waals surface area contributed by atoms with Gasteiger partial charge in [-0.3, -0.25) is 4.79 Å². The van der Waals surface area contributed by atoms with E-state index in [-0.39, 0.29) is 5.91 Å². The van der Waals surface area contributed by atoms with Crippen LogP contribution in [-0.4, -0.2) is 5.91 Å². The van der Waals surface area contributed by atoms with Crippen LogP contribution in [0.4, 0.5) is 5.69 Å². The van der Waals surface area contributed by atoms with Gasteiger partial charge in [0.2, 0.25) is 5.91 Å². The van der Waals surface area contributed by atoms with Gasteiger partial charge in [0.15, 0.2) is 0 Å². The van der Waals surface area contributed by atoms with E-state index in [2.05, 4.69) is 5.32 Å². The zero-order valence-electron chi connectivity index (χ0n) is 8.03. The lowest BCUT2D eigenvalue weighted by Crippen LogP contribution is -2.09. The van der Waals surface area contributed by atoms with Crippen LogP contribution in [0.1, 0.15) is 18.9 Å². The summed E-state index contributed by atoms with van der Waals surface area (Å²) in [5.41, 5.74) is 1.46. The van der Waals surface area contributed by atoms with Crippen molar-refractivity contribution in [3.05, 3.63) is 27.7 Å². The third-order valence-corrected chi connectivity index (χ3v) is 2.67. The lowest BCUT2D eigenvalue weighted by molar-refractivity contribution is -0.115. The molecule has 2 nitrogen and oxygen atoms in total. The molecule has 0 aliphatic rings. The highest BCUT2D eigenvalue weighted by Crippen LogP contribution is 2.28. The van der Waals surface area contributed by atoms with Gasteiger partial charge in [-0.2, -0.15) is 0 Å². The number of carbonyl (C=O) groups excluding carboxylic acids is 1. The van der Waals surface area contributed by atoms with Gasteiger partial charge in [0.1, 0.15) is 0 Å². The van der Waals surface area contributed by atoms with Gasteiger partial charge in [-0.25, -0.2) is 0 Å². The minimum atomic E-state index is -0.0546. The lowest BCUT2D eigenvalue weighted by atomic mass is 10.2. The van der Waals surface area contributed by atoms with Crippen LogP contribution in [0.3, 0.4) is 0 Å². The minimum Gasteiger partial charge on any atom is -0.326 e. The first kappa shape index (κ1) is 11.3. The number of halogens is 2. The molecule has 76 valence electrons. The number of carbonyl (C=O) groups is 1. The largest absolute Gasteiger partial charge is 0.326 e. The molecule has 1 aromatic rings. The van der Waals surface area contributed by atoms with E-state index in [9.17, 15) is 4.79 Å². The highest BCUT2D eigenvalue weighted by atomic mass is 35.5. The van der Waals surface area contributed by atoms with Crippen LogP contribution in [-0.2, 0) is 4.79 Å². The Balaban J connectivity index is 2.95. The van der Waals surface area contributed by atoms with Crippen LogP contribution in [0.15, 0.2) is 12.1 Å². The molecule has 0 atom stereocenters. The Kier molecular flexibility index (Phi) is 3.78. The fraction of sp³-hybridized carbons (Fsp3) is 0.300. The summed E-state index contributed by atoms with van der Waals surface area (Å²) >= 11 is 11.8. The molecule has 1 aromatic carbocycles. The molecule has 0 aliphatic heterocycles. The van der Waals surface area contributed by atoms with Crippen molar-refractivity contribution in [1.82, 2.24) is 0 Å². The number of anilines is 1. The normalized spacial score (nSPS) is 10.0. The summed E-state index contributed by atoms with van der Waals surface area (Å²) in [7, 11) is 0. The second-order valence-electron chi connectivity index (χ2n) is 2.97. The number of nitrogens with one attached hydrogen (secondary N) is 1. The number of hydrogen-bond donors (Lipinski definition) is 1. The smallest absolute Gasteiger partial charge is 0.224 e. The number of rotatable bonds is 2. The van der Waals surface area contributed by atoms with Crippen molar-refractivity contribution >= 4 is 34.8 Å². The predicted octanol–water partition coefficient (Wildman–Crippen LogP) is 3.65. The quantitative estimate of drug-likeness (QED) is 0.828. The molecule has 0 unspecified atom stereocenters.